The number of rotatable bonds is 2. The minimum Gasteiger partial charge on any atom is -0.357 e. The van der Waals surface area contributed by atoms with Crippen LogP contribution in [0.2, 0.25) is 5.02 Å². The van der Waals surface area contributed by atoms with E-state index in [2.05, 4.69) is 23.3 Å². The van der Waals surface area contributed by atoms with Crippen LogP contribution >= 0.6 is 11.6 Å². The summed E-state index contributed by atoms with van der Waals surface area (Å²) >= 11 is 6.24. The first-order valence-corrected chi connectivity index (χ1v) is 7.12. The number of benzene rings is 1. The van der Waals surface area contributed by atoms with E-state index >= 15 is 0 Å². The SMILES string of the molecule is Cc1[nH]c2c(Cl)cccc2c1CC1CCCCN1. The summed E-state index contributed by atoms with van der Waals surface area (Å²) in [6, 6.07) is 6.77. The number of H-pyrrole nitrogens is 1. The van der Waals surface area contributed by atoms with Gasteiger partial charge in [-0.05, 0) is 44.4 Å². The molecule has 1 aliphatic heterocycles. The normalized spacial score (nSPS) is 20.4. The van der Waals surface area contributed by atoms with E-state index < -0.39 is 0 Å². The molecule has 3 rings (SSSR count). The van der Waals surface area contributed by atoms with E-state index in [0.29, 0.717) is 6.04 Å². The molecule has 1 aromatic carbocycles. The van der Waals surface area contributed by atoms with Gasteiger partial charge in [-0.1, -0.05) is 30.2 Å². The molecule has 0 bridgehead atoms. The van der Waals surface area contributed by atoms with Crippen molar-refractivity contribution in [1.82, 2.24) is 10.3 Å². The maximum atomic E-state index is 6.24. The molecular formula is C15H19ClN2. The number of aromatic nitrogens is 1. The first-order chi connectivity index (χ1) is 8.75. The van der Waals surface area contributed by atoms with E-state index in [9.17, 15) is 0 Å². The molecule has 96 valence electrons. The van der Waals surface area contributed by atoms with E-state index in [1.807, 2.05) is 12.1 Å². The van der Waals surface area contributed by atoms with Crippen molar-refractivity contribution in [2.75, 3.05) is 6.54 Å². The molecule has 0 radical (unpaired) electrons. The molecule has 1 saturated heterocycles. The number of piperidine rings is 1. The van der Waals surface area contributed by atoms with E-state index in [1.165, 1.54) is 35.9 Å². The fourth-order valence-corrected chi connectivity index (χ4v) is 3.20. The molecule has 0 spiro atoms. The number of fused-ring (bicyclic) bond motifs is 1. The Morgan fingerprint density at radius 1 is 1.33 bits per heavy atom. The van der Waals surface area contributed by atoms with E-state index in [0.717, 1.165) is 23.5 Å². The van der Waals surface area contributed by atoms with Crippen molar-refractivity contribution in [3.05, 3.63) is 34.5 Å². The largest absolute Gasteiger partial charge is 0.357 e. The van der Waals surface area contributed by atoms with Gasteiger partial charge in [0.25, 0.3) is 0 Å². The molecule has 2 heterocycles. The maximum Gasteiger partial charge on any atom is 0.0648 e. The third-order valence-corrected chi connectivity index (χ3v) is 4.28. The van der Waals surface area contributed by atoms with Gasteiger partial charge in [-0.25, -0.2) is 0 Å². The van der Waals surface area contributed by atoms with Gasteiger partial charge in [0.05, 0.1) is 10.5 Å². The molecule has 1 aromatic heterocycles. The van der Waals surface area contributed by atoms with Crippen LogP contribution in [0.3, 0.4) is 0 Å². The zero-order chi connectivity index (χ0) is 12.5. The Hall–Kier alpha value is -0.990. The molecule has 1 unspecified atom stereocenters. The van der Waals surface area contributed by atoms with Gasteiger partial charge >= 0.3 is 0 Å². The number of halogens is 1. The maximum absolute atomic E-state index is 6.24. The molecule has 18 heavy (non-hydrogen) atoms. The first-order valence-electron chi connectivity index (χ1n) is 6.75. The number of para-hydroxylation sites is 1. The highest BCUT2D eigenvalue weighted by molar-refractivity contribution is 6.35. The smallest absolute Gasteiger partial charge is 0.0648 e. The van der Waals surface area contributed by atoms with Crippen molar-refractivity contribution in [3.63, 3.8) is 0 Å². The van der Waals surface area contributed by atoms with E-state index in [1.54, 1.807) is 0 Å². The average Bonchev–Trinajstić information content (AvgIpc) is 2.70. The lowest BCUT2D eigenvalue weighted by molar-refractivity contribution is 0.399. The molecule has 2 aromatic rings. The summed E-state index contributed by atoms with van der Waals surface area (Å²) in [5.41, 5.74) is 3.76. The van der Waals surface area contributed by atoms with Gasteiger partial charge < -0.3 is 10.3 Å². The fraction of sp³-hybridized carbons (Fsp3) is 0.467. The van der Waals surface area contributed by atoms with Gasteiger partial charge in [-0.15, -0.1) is 0 Å². The van der Waals surface area contributed by atoms with Crippen LogP contribution in [0.5, 0.6) is 0 Å². The molecule has 0 saturated carbocycles. The number of nitrogens with one attached hydrogen (secondary N) is 2. The molecule has 0 amide bonds. The number of hydrogen-bond acceptors (Lipinski definition) is 1. The summed E-state index contributed by atoms with van der Waals surface area (Å²) < 4.78 is 0. The van der Waals surface area contributed by atoms with Crippen molar-refractivity contribution < 1.29 is 0 Å². The molecule has 2 N–H and O–H groups in total. The summed E-state index contributed by atoms with van der Waals surface area (Å²) in [6.45, 7) is 3.31. The quantitative estimate of drug-likeness (QED) is 0.846. The van der Waals surface area contributed by atoms with Crippen LogP contribution in [0.4, 0.5) is 0 Å². The van der Waals surface area contributed by atoms with Crippen LogP contribution in [0.25, 0.3) is 10.9 Å². The summed E-state index contributed by atoms with van der Waals surface area (Å²) in [6.07, 6.45) is 5.05. The average molecular weight is 263 g/mol. The van der Waals surface area contributed by atoms with Crippen molar-refractivity contribution in [1.29, 1.82) is 0 Å². The van der Waals surface area contributed by atoms with Crippen molar-refractivity contribution >= 4 is 22.5 Å². The number of hydrogen-bond donors (Lipinski definition) is 2. The van der Waals surface area contributed by atoms with Crippen LogP contribution in [0.1, 0.15) is 30.5 Å². The van der Waals surface area contributed by atoms with Crippen LogP contribution in [-0.2, 0) is 6.42 Å². The lowest BCUT2D eigenvalue weighted by Gasteiger charge is -2.23. The van der Waals surface area contributed by atoms with Crippen LogP contribution in [-0.4, -0.2) is 17.6 Å². The summed E-state index contributed by atoms with van der Waals surface area (Å²) in [4.78, 5) is 3.43. The second kappa shape index (κ2) is 4.94. The predicted molar refractivity (Wildman–Crippen MR) is 77.4 cm³/mol. The Morgan fingerprint density at radius 3 is 3.00 bits per heavy atom. The molecule has 1 fully saturated rings. The second-order valence-corrected chi connectivity index (χ2v) is 5.65. The molecule has 3 heteroatoms. The second-order valence-electron chi connectivity index (χ2n) is 5.24. The van der Waals surface area contributed by atoms with Crippen molar-refractivity contribution in [2.45, 2.75) is 38.6 Å². The minimum absolute atomic E-state index is 0.621. The molecule has 2 nitrogen and oxygen atoms in total. The zero-order valence-corrected chi connectivity index (χ0v) is 11.5. The topological polar surface area (TPSA) is 27.8 Å². The molecular weight excluding hydrogens is 244 g/mol. The Bertz CT molecular complexity index is 553. The third-order valence-electron chi connectivity index (χ3n) is 3.97. The van der Waals surface area contributed by atoms with Crippen molar-refractivity contribution in [3.8, 4) is 0 Å². The molecule has 1 aliphatic rings. The summed E-state index contributed by atoms with van der Waals surface area (Å²) in [5.74, 6) is 0. The highest BCUT2D eigenvalue weighted by Crippen LogP contribution is 2.29. The number of aromatic amines is 1. The van der Waals surface area contributed by atoms with Crippen molar-refractivity contribution in [2.24, 2.45) is 0 Å². The van der Waals surface area contributed by atoms with Gasteiger partial charge in [0.15, 0.2) is 0 Å². The Labute approximate surface area is 113 Å². The predicted octanol–water partition coefficient (Wildman–Crippen LogP) is 3.81. The lowest BCUT2D eigenvalue weighted by atomic mass is 9.96. The minimum atomic E-state index is 0.621. The standard InChI is InChI=1S/C15H19ClN2/c1-10-13(9-11-5-2-3-8-17-11)12-6-4-7-14(16)15(12)18-10/h4,6-7,11,17-18H,2-3,5,8-9H2,1H3. The highest BCUT2D eigenvalue weighted by atomic mass is 35.5. The Morgan fingerprint density at radius 2 is 2.22 bits per heavy atom. The molecule has 0 aliphatic carbocycles. The fourth-order valence-electron chi connectivity index (χ4n) is 2.98. The van der Waals surface area contributed by atoms with Gasteiger partial charge in [0.1, 0.15) is 0 Å². The van der Waals surface area contributed by atoms with Crippen LogP contribution in [0, 0.1) is 6.92 Å². The third kappa shape index (κ3) is 2.15. The monoisotopic (exact) mass is 262 g/mol. The number of aryl methyl sites for hydroxylation is 1. The van der Waals surface area contributed by atoms with Gasteiger partial charge in [-0.3, -0.25) is 0 Å². The Kier molecular flexibility index (Phi) is 3.31. The first kappa shape index (κ1) is 12.1. The molecule has 1 atom stereocenters. The van der Waals surface area contributed by atoms with Gasteiger partial charge in [0, 0.05) is 17.1 Å². The lowest BCUT2D eigenvalue weighted by Crippen LogP contribution is -2.35. The summed E-state index contributed by atoms with van der Waals surface area (Å²) in [7, 11) is 0. The van der Waals surface area contributed by atoms with E-state index in [4.69, 9.17) is 11.6 Å². The highest BCUT2D eigenvalue weighted by Gasteiger charge is 2.17. The summed E-state index contributed by atoms with van der Waals surface area (Å²) in [5, 5.41) is 5.72. The van der Waals surface area contributed by atoms with Crippen LogP contribution in [0.15, 0.2) is 18.2 Å². The van der Waals surface area contributed by atoms with E-state index in [-0.39, 0.29) is 0 Å². The zero-order valence-electron chi connectivity index (χ0n) is 10.7. The Balaban J connectivity index is 1.95. The van der Waals surface area contributed by atoms with Gasteiger partial charge in [0.2, 0.25) is 0 Å². The van der Waals surface area contributed by atoms with Crippen LogP contribution < -0.4 is 5.32 Å². The van der Waals surface area contributed by atoms with Gasteiger partial charge in [-0.2, -0.15) is 0 Å².